The summed E-state index contributed by atoms with van der Waals surface area (Å²) in [5, 5.41) is 2.71. The van der Waals surface area contributed by atoms with Crippen molar-refractivity contribution in [2.24, 2.45) is 5.92 Å². The second-order valence-electron chi connectivity index (χ2n) is 5.56. The molecule has 5 nitrogen and oxygen atoms in total. The average Bonchev–Trinajstić information content (AvgIpc) is 3.38. The van der Waals surface area contributed by atoms with Crippen LogP contribution in [-0.4, -0.2) is 44.5 Å². The summed E-state index contributed by atoms with van der Waals surface area (Å²) in [5.41, 5.74) is 1.75. The Hall–Kier alpha value is -1.88. The van der Waals surface area contributed by atoms with Crippen molar-refractivity contribution in [2.45, 2.75) is 12.8 Å². The maximum absolute atomic E-state index is 12.0. The van der Waals surface area contributed by atoms with Crippen LogP contribution in [0.1, 0.15) is 23.2 Å². The zero-order valence-corrected chi connectivity index (χ0v) is 12.0. The Labute approximate surface area is 124 Å². The van der Waals surface area contributed by atoms with Crippen molar-refractivity contribution in [3.05, 3.63) is 29.8 Å². The van der Waals surface area contributed by atoms with Gasteiger partial charge in [-0.05, 0) is 37.1 Å². The van der Waals surface area contributed by atoms with Crippen LogP contribution in [-0.2, 0) is 9.53 Å². The minimum absolute atomic E-state index is 0.00767. The molecular weight excluding hydrogens is 268 g/mol. The molecule has 112 valence electrons. The Kier molecular flexibility index (Phi) is 4.20. The number of hydrogen-bond acceptors (Lipinski definition) is 4. The summed E-state index contributed by atoms with van der Waals surface area (Å²) in [6.45, 7) is 3.34. The van der Waals surface area contributed by atoms with Crippen molar-refractivity contribution < 1.29 is 14.3 Å². The van der Waals surface area contributed by atoms with Gasteiger partial charge in [-0.3, -0.25) is 9.59 Å². The number of nitrogens with one attached hydrogen (secondary N) is 1. The van der Waals surface area contributed by atoms with Crippen LogP contribution in [0.2, 0.25) is 0 Å². The Balaban J connectivity index is 1.55. The molecule has 0 bridgehead atoms. The first kappa shape index (κ1) is 14.1. The summed E-state index contributed by atoms with van der Waals surface area (Å²) in [7, 11) is 0. The van der Waals surface area contributed by atoms with Crippen molar-refractivity contribution >= 4 is 17.4 Å². The van der Waals surface area contributed by atoms with Gasteiger partial charge in [0.25, 0.3) is 0 Å². The van der Waals surface area contributed by atoms with E-state index in [1.54, 1.807) is 0 Å². The molecule has 1 aromatic carbocycles. The van der Waals surface area contributed by atoms with Crippen LogP contribution in [0.5, 0.6) is 0 Å². The van der Waals surface area contributed by atoms with Gasteiger partial charge in [0.1, 0.15) is 0 Å². The van der Waals surface area contributed by atoms with Crippen LogP contribution in [0.25, 0.3) is 0 Å². The van der Waals surface area contributed by atoms with Crippen molar-refractivity contribution in [3.8, 4) is 0 Å². The number of rotatable bonds is 5. The van der Waals surface area contributed by atoms with E-state index in [9.17, 15) is 9.59 Å². The second kappa shape index (κ2) is 6.26. The lowest BCUT2D eigenvalue weighted by atomic mass is 10.1. The fraction of sp³-hybridized carbons (Fsp3) is 0.500. The predicted molar refractivity (Wildman–Crippen MR) is 79.5 cm³/mol. The normalized spacial score (nSPS) is 18.4. The highest BCUT2D eigenvalue weighted by atomic mass is 16.5. The van der Waals surface area contributed by atoms with Gasteiger partial charge in [-0.2, -0.15) is 0 Å². The van der Waals surface area contributed by atoms with Crippen LogP contribution >= 0.6 is 0 Å². The number of morpholine rings is 1. The number of ether oxygens (including phenoxy) is 1. The van der Waals surface area contributed by atoms with Crippen LogP contribution in [0.4, 0.5) is 5.69 Å². The number of anilines is 1. The highest BCUT2D eigenvalue weighted by molar-refractivity contribution is 5.99. The predicted octanol–water partition coefficient (Wildman–Crippen LogP) is 1.23. The van der Waals surface area contributed by atoms with E-state index in [0.29, 0.717) is 5.56 Å². The van der Waals surface area contributed by atoms with Crippen LogP contribution in [0.3, 0.4) is 0 Å². The van der Waals surface area contributed by atoms with Gasteiger partial charge in [0.2, 0.25) is 5.91 Å². The summed E-state index contributed by atoms with van der Waals surface area (Å²) in [4.78, 5) is 25.8. The summed E-state index contributed by atoms with van der Waals surface area (Å²) in [5.74, 6) is 0.104. The lowest BCUT2D eigenvalue weighted by Crippen LogP contribution is -2.36. The highest BCUT2D eigenvalue weighted by Gasteiger charge is 2.29. The third kappa shape index (κ3) is 3.61. The number of carbonyl (C=O) groups excluding carboxylic acids is 2. The average molecular weight is 288 g/mol. The molecule has 1 aromatic rings. The molecule has 1 saturated carbocycles. The third-order valence-corrected chi connectivity index (χ3v) is 3.94. The van der Waals surface area contributed by atoms with E-state index < -0.39 is 0 Å². The maximum Gasteiger partial charge on any atom is 0.223 e. The molecule has 1 saturated heterocycles. The van der Waals surface area contributed by atoms with Gasteiger partial charge in [-0.25, -0.2) is 0 Å². The van der Waals surface area contributed by atoms with E-state index in [1.807, 2.05) is 24.3 Å². The van der Waals surface area contributed by atoms with Crippen molar-refractivity contribution in [1.29, 1.82) is 0 Å². The number of carbonyl (C=O) groups is 2. The molecule has 2 aliphatic rings. The summed E-state index contributed by atoms with van der Waals surface area (Å²) < 4.78 is 5.33. The number of ketones is 1. The fourth-order valence-corrected chi connectivity index (χ4v) is 2.44. The van der Waals surface area contributed by atoms with Gasteiger partial charge < -0.3 is 15.0 Å². The van der Waals surface area contributed by atoms with Crippen LogP contribution in [0.15, 0.2) is 24.3 Å². The maximum atomic E-state index is 12.0. The molecule has 21 heavy (non-hydrogen) atoms. The molecule has 0 spiro atoms. The Morgan fingerprint density at radius 1 is 1.14 bits per heavy atom. The SMILES string of the molecule is O=C(CNC(=O)C1CC1)c1ccc(N2CCOCC2)cc1. The first-order chi connectivity index (χ1) is 10.2. The van der Waals surface area contributed by atoms with E-state index in [1.165, 1.54) is 0 Å². The van der Waals surface area contributed by atoms with Crippen molar-refractivity contribution in [1.82, 2.24) is 5.32 Å². The molecule has 1 heterocycles. The first-order valence-electron chi connectivity index (χ1n) is 7.48. The Morgan fingerprint density at radius 2 is 1.81 bits per heavy atom. The van der Waals surface area contributed by atoms with Crippen LogP contribution < -0.4 is 10.2 Å². The molecule has 1 amide bonds. The molecule has 2 fully saturated rings. The Morgan fingerprint density at radius 3 is 2.43 bits per heavy atom. The number of nitrogens with zero attached hydrogens (tertiary/aromatic N) is 1. The number of benzene rings is 1. The smallest absolute Gasteiger partial charge is 0.223 e. The molecule has 0 unspecified atom stereocenters. The second-order valence-corrected chi connectivity index (χ2v) is 5.56. The first-order valence-corrected chi connectivity index (χ1v) is 7.48. The van der Waals surface area contributed by atoms with Gasteiger partial charge in [-0.15, -0.1) is 0 Å². The van der Waals surface area contributed by atoms with Crippen molar-refractivity contribution in [3.63, 3.8) is 0 Å². The zero-order valence-electron chi connectivity index (χ0n) is 12.0. The van der Waals surface area contributed by atoms with Gasteiger partial charge >= 0.3 is 0 Å². The lowest BCUT2D eigenvalue weighted by molar-refractivity contribution is -0.122. The quantitative estimate of drug-likeness (QED) is 0.828. The van der Waals surface area contributed by atoms with Crippen LogP contribution in [0, 0.1) is 5.92 Å². The van der Waals surface area contributed by atoms with E-state index in [4.69, 9.17) is 4.74 Å². The van der Waals surface area contributed by atoms with E-state index in [2.05, 4.69) is 10.2 Å². The lowest BCUT2D eigenvalue weighted by Gasteiger charge is -2.28. The standard InChI is InChI=1S/C16H20N2O3/c19-15(11-17-16(20)13-1-2-13)12-3-5-14(6-4-12)18-7-9-21-10-8-18/h3-6,13H,1-2,7-11H2,(H,17,20). The summed E-state index contributed by atoms with van der Waals surface area (Å²) >= 11 is 0. The van der Waals surface area contributed by atoms with E-state index >= 15 is 0 Å². The minimum atomic E-state index is -0.0440. The monoisotopic (exact) mass is 288 g/mol. The highest BCUT2D eigenvalue weighted by Crippen LogP contribution is 2.28. The summed E-state index contributed by atoms with van der Waals surface area (Å²) in [6, 6.07) is 7.58. The van der Waals surface area contributed by atoms with Gasteiger partial charge in [0.05, 0.1) is 19.8 Å². The largest absolute Gasteiger partial charge is 0.378 e. The van der Waals surface area contributed by atoms with Gasteiger partial charge in [-0.1, -0.05) is 0 Å². The molecule has 3 rings (SSSR count). The van der Waals surface area contributed by atoms with E-state index in [0.717, 1.165) is 44.8 Å². The van der Waals surface area contributed by atoms with Crippen molar-refractivity contribution in [2.75, 3.05) is 37.7 Å². The van der Waals surface area contributed by atoms with Gasteiger partial charge in [0, 0.05) is 30.3 Å². The topological polar surface area (TPSA) is 58.6 Å². The summed E-state index contributed by atoms with van der Waals surface area (Å²) in [6.07, 6.45) is 1.91. The molecule has 0 atom stereocenters. The molecule has 1 N–H and O–H groups in total. The minimum Gasteiger partial charge on any atom is -0.378 e. The number of hydrogen-bond donors (Lipinski definition) is 1. The zero-order chi connectivity index (χ0) is 14.7. The molecule has 0 radical (unpaired) electrons. The molecule has 1 aliphatic carbocycles. The van der Waals surface area contributed by atoms with E-state index in [-0.39, 0.29) is 24.2 Å². The fourth-order valence-electron chi connectivity index (χ4n) is 2.44. The molecular formula is C16H20N2O3. The molecule has 5 heteroatoms. The Bertz CT molecular complexity index is 517. The molecule has 1 aliphatic heterocycles. The van der Waals surface area contributed by atoms with Gasteiger partial charge in [0.15, 0.2) is 5.78 Å². The third-order valence-electron chi connectivity index (χ3n) is 3.94. The number of amides is 1. The molecule has 0 aromatic heterocycles. The number of Topliss-reactive ketones (excluding diaryl/α,β-unsaturated/α-hetero) is 1.